The number of nitrogens with zero attached hydrogens (tertiary/aromatic N) is 4. The molecule has 1 fully saturated rings. The van der Waals surface area contributed by atoms with Crippen molar-refractivity contribution in [1.82, 2.24) is 19.4 Å². The molecule has 23 heavy (non-hydrogen) atoms. The molecule has 2 aromatic rings. The molecule has 1 aliphatic heterocycles. The zero-order valence-corrected chi connectivity index (χ0v) is 14.5. The fourth-order valence-electron chi connectivity index (χ4n) is 3.71. The normalized spacial score (nSPS) is 19.2. The van der Waals surface area contributed by atoms with Crippen molar-refractivity contribution < 1.29 is 4.74 Å². The van der Waals surface area contributed by atoms with E-state index >= 15 is 0 Å². The predicted octanol–water partition coefficient (Wildman–Crippen LogP) is 2.88. The summed E-state index contributed by atoms with van der Waals surface area (Å²) in [5, 5.41) is 0. The highest BCUT2D eigenvalue weighted by atomic mass is 16.5. The molecule has 0 aromatic carbocycles. The number of fused-ring (bicyclic) bond motifs is 1. The summed E-state index contributed by atoms with van der Waals surface area (Å²) < 4.78 is 7.54. The van der Waals surface area contributed by atoms with Crippen LogP contribution in [0.15, 0.2) is 18.3 Å². The summed E-state index contributed by atoms with van der Waals surface area (Å²) in [4.78, 5) is 12.0. The van der Waals surface area contributed by atoms with Gasteiger partial charge in [0.25, 0.3) is 0 Å². The summed E-state index contributed by atoms with van der Waals surface area (Å²) >= 11 is 0. The first kappa shape index (κ1) is 16.4. The first-order valence-corrected chi connectivity index (χ1v) is 8.75. The van der Waals surface area contributed by atoms with Gasteiger partial charge in [0.2, 0.25) is 0 Å². The van der Waals surface area contributed by atoms with Crippen LogP contribution in [0.4, 0.5) is 0 Å². The fraction of sp³-hybridized carbons (Fsp3) is 0.667. The van der Waals surface area contributed by atoms with Crippen LogP contribution < -0.4 is 0 Å². The average Bonchev–Trinajstić information content (AvgIpc) is 3.14. The minimum absolute atomic E-state index is 0.593. The fourth-order valence-corrected chi connectivity index (χ4v) is 3.71. The first-order valence-electron chi connectivity index (χ1n) is 8.75. The molecule has 3 rings (SSSR count). The molecule has 126 valence electrons. The van der Waals surface area contributed by atoms with Gasteiger partial charge in [0, 0.05) is 45.0 Å². The molecule has 0 saturated carbocycles. The van der Waals surface area contributed by atoms with Crippen LogP contribution in [0.2, 0.25) is 0 Å². The van der Waals surface area contributed by atoms with Gasteiger partial charge < -0.3 is 9.30 Å². The van der Waals surface area contributed by atoms with E-state index in [0.717, 1.165) is 43.0 Å². The highest BCUT2D eigenvalue weighted by Crippen LogP contribution is 2.24. The van der Waals surface area contributed by atoms with Crippen molar-refractivity contribution in [3.05, 3.63) is 24.2 Å². The molecule has 0 radical (unpaired) electrons. The maximum absolute atomic E-state index is 5.20. The smallest absolute Gasteiger partial charge is 0.160 e. The van der Waals surface area contributed by atoms with E-state index in [4.69, 9.17) is 9.72 Å². The van der Waals surface area contributed by atoms with E-state index in [1.54, 1.807) is 7.11 Å². The van der Waals surface area contributed by atoms with Crippen molar-refractivity contribution >= 4 is 11.2 Å². The molecular formula is C18H28N4O. The van der Waals surface area contributed by atoms with Crippen LogP contribution in [0.3, 0.4) is 0 Å². The number of pyridine rings is 1. The Hall–Kier alpha value is -1.46. The third-order valence-electron chi connectivity index (χ3n) is 4.81. The Balaban J connectivity index is 1.86. The summed E-state index contributed by atoms with van der Waals surface area (Å²) in [5.41, 5.74) is 2.03. The van der Waals surface area contributed by atoms with Crippen molar-refractivity contribution in [3.8, 4) is 0 Å². The van der Waals surface area contributed by atoms with E-state index in [0.29, 0.717) is 12.1 Å². The monoisotopic (exact) mass is 316 g/mol. The molecule has 0 spiro atoms. The number of ether oxygens (including phenoxy) is 1. The summed E-state index contributed by atoms with van der Waals surface area (Å²) in [6.45, 7) is 7.57. The Labute approximate surface area is 138 Å². The SMILES string of the molecule is COCCCc1nc2cccnc2n1CC1CCCN1C(C)C. The Kier molecular flexibility index (Phi) is 5.28. The van der Waals surface area contributed by atoms with Crippen LogP contribution in [-0.2, 0) is 17.7 Å². The third kappa shape index (κ3) is 3.56. The zero-order valence-electron chi connectivity index (χ0n) is 14.5. The van der Waals surface area contributed by atoms with Gasteiger partial charge in [0.15, 0.2) is 5.65 Å². The number of rotatable bonds is 7. The maximum atomic E-state index is 5.20. The van der Waals surface area contributed by atoms with Crippen LogP contribution in [0.25, 0.3) is 11.2 Å². The Morgan fingerprint density at radius 2 is 2.26 bits per heavy atom. The van der Waals surface area contributed by atoms with Crippen molar-refractivity contribution in [2.45, 2.75) is 58.2 Å². The second-order valence-electron chi connectivity index (χ2n) is 6.71. The minimum atomic E-state index is 0.593. The molecule has 5 heteroatoms. The standard InChI is InChI=1S/C18H28N4O/c1-14(2)21-11-5-7-15(21)13-22-17(9-6-12-23-3)20-16-8-4-10-19-18(16)22/h4,8,10,14-15H,5-7,9,11-13H2,1-3H3. The largest absolute Gasteiger partial charge is 0.385 e. The molecule has 5 nitrogen and oxygen atoms in total. The minimum Gasteiger partial charge on any atom is -0.385 e. The number of likely N-dealkylation sites (tertiary alicyclic amines) is 1. The molecule has 0 aliphatic carbocycles. The molecule has 0 amide bonds. The lowest BCUT2D eigenvalue weighted by Gasteiger charge is -2.29. The molecule has 1 unspecified atom stereocenters. The van der Waals surface area contributed by atoms with Crippen LogP contribution in [0, 0.1) is 0 Å². The van der Waals surface area contributed by atoms with Crippen LogP contribution >= 0.6 is 0 Å². The second kappa shape index (κ2) is 7.41. The summed E-state index contributed by atoms with van der Waals surface area (Å²) in [6.07, 6.45) is 6.37. The molecule has 0 N–H and O–H groups in total. The quantitative estimate of drug-likeness (QED) is 0.737. The number of aromatic nitrogens is 3. The molecule has 2 aromatic heterocycles. The van der Waals surface area contributed by atoms with E-state index in [-0.39, 0.29) is 0 Å². The maximum Gasteiger partial charge on any atom is 0.160 e. The number of hydrogen-bond acceptors (Lipinski definition) is 4. The summed E-state index contributed by atoms with van der Waals surface area (Å²) in [5.74, 6) is 1.14. The van der Waals surface area contributed by atoms with E-state index < -0.39 is 0 Å². The Morgan fingerprint density at radius 3 is 3.04 bits per heavy atom. The zero-order chi connectivity index (χ0) is 16.2. The number of methoxy groups -OCH3 is 1. The summed E-state index contributed by atoms with van der Waals surface area (Å²) in [6, 6.07) is 5.22. The van der Waals surface area contributed by atoms with Gasteiger partial charge in [-0.3, -0.25) is 4.90 Å². The van der Waals surface area contributed by atoms with Crippen molar-refractivity contribution in [3.63, 3.8) is 0 Å². The van der Waals surface area contributed by atoms with Gasteiger partial charge in [-0.05, 0) is 51.8 Å². The van der Waals surface area contributed by atoms with Crippen molar-refractivity contribution in [2.75, 3.05) is 20.3 Å². The molecule has 1 aliphatic rings. The highest BCUT2D eigenvalue weighted by molar-refractivity contribution is 5.71. The van der Waals surface area contributed by atoms with Crippen LogP contribution in [0.1, 0.15) is 38.9 Å². The van der Waals surface area contributed by atoms with Gasteiger partial charge >= 0.3 is 0 Å². The lowest BCUT2D eigenvalue weighted by Crippen LogP contribution is -2.38. The van der Waals surface area contributed by atoms with E-state index in [2.05, 4.69) is 34.4 Å². The molecular weight excluding hydrogens is 288 g/mol. The number of imidazole rings is 1. The highest BCUT2D eigenvalue weighted by Gasteiger charge is 2.28. The van der Waals surface area contributed by atoms with Gasteiger partial charge in [0.05, 0.1) is 0 Å². The Morgan fingerprint density at radius 1 is 1.39 bits per heavy atom. The van der Waals surface area contributed by atoms with Crippen LogP contribution in [0.5, 0.6) is 0 Å². The van der Waals surface area contributed by atoms with Gasteiger partial charge in [0.1, 0.15) is 11.3 Å². The Bertz CT molecular complexity index is 637. The third-order valence-corrected chi connectivity index (χ3v) is 4.81. The first-order chi connectivity index (χ1) is 11.2. The molecule has 3 heterocycles. The van der Waals surface area contributed by atoms with Crippen LogP contribution in [-0.4, -0.2) is 51.8 Å². The van der Waals surface area contributed by atoms with E-state index in [1.807, 2.05) is 12.3 Å². The average molecular weight is 316 g/mol. The van der Waals surface area contributed by atoms with E-state index in [9.17, 15) is 0 Å². The lowest BCUT2D eigenvalue weighted by atomic mass is 10.2. The second-order valence-corrected chi connectivity index (χ2v) is 6.71. The van der Waals surface area contributed by atoms with Gasteiger partial charge in [-0.1, -0.05) is 0 Å². The molecule has 1 saturated heterocycles. The van der Waals surface area contributed by atoms with Gasteiger partial charge in [-0.15, -0.1) is 0 Å². The van der Waals surface area contributed by atoms with Gasteiger partial charge in [-0.25, -0.2) is 9.97 Å². The topological polar surface area (TPSA) is 43.2 Å². The van der Waals surface area contributed by atoms with Gasteiger partial charge in [-0.2, -0.15) is 0 Å². The molecule has 1 atom stereocenters. The van der Waals surface area contributed by atoms with Crippen molar-refractivity contribution in [2.24, 2.45) is 0 Å². The number of aryl methyl sites for hydroxylation is 1. The predicted molar refractivity (Wildman–Crippen MR) is 92.6 cm³/mol. The molecule has 0 bridgehead atoms. The lowest BCUT2D eigenvalue weighted by molar-refractivity contribution is 0.185. The summed E-state index contributed by atoms with van der Waals surface area (Å²) in [7, 11) is 1.75. The van der Waals surface area contributed by atoms with E-state index in [1.165, 1.54) is 19.4 Å². The van der Waals surface area contributed by atoms with Crippen molar-refractivity contribution in [1.29, 1.82) is 0 Å². The number of hydrogen-bond donors (Lipinski definition) is 0.